The van der Waals surface area contributed by atoms with Crippen molar-refractivity contribution in [2.24, 2.45) is 5.92 Å². The van der Waals surface area contributed by atoms with Gasteiger partial charge in [-0.25, -0.2) is 13.2 Å². The molecule has 1 amide bonds. The first-order valence-electron chi connectivity index (χ1n) is 6.43. The molecule has 2 unspecified atom stereocenters. The van der Waals surface area contributed by atoms with Crippen LogP contribution in [-0.4, -0.2) is 42.4 Å². The van der Waals surface area contributed by atoms with Crippen LogP contribution in [0.1, 0.15) is 39.5 Å². The fraction of sp³-hybridized carbons (Fsp3) is 0.833. The molecule has 0 bridgehead atoms. The van der Waals surface area contributed by atoms with Crippen LogP contribution in [0.3, 0.4) is 0 Å². The van der Waals surface area contributed by atoms with Gasteiger partial charge in [-0.15, -0.1) is 0 Å². The number of rotatable bonds is 6. The average Bonchev–Trinajstić information content (AvgIpc) is 2.57. The Hall–Kier alpha value is -1.11. The highest BCUT2D eigenvalue weighted by Crippen LogP contribution is 2.22. The van der Waals surface area contributed by atoms with E-state index in [9.17, 15) is 18.0 Å². The lowest BCUT2D eigenvalue weighted by atomic mass is 9.95. The van der Waals surface area contributed by atoms with Crippen molar-refractivity contribution in [2.45, 2.75) is 45.1 Å². The molecule has 7 heteroatoms. The van der Waals surface area contributed by atoms with E-state index in [2.05, 4.69) is 5.32 Å². The molecule has 1 aliphatic heterocycles. The minimum absolute atomic E-state index is 0.0258. The second-order valence-corrected chi connectivity index (χ2v) is 7.64. The molecule has 19 heavy (non-hydrogen) atoms. The lowest BCUT2D eigenvalue weighted by Gasteiger charge is -2.26. The maximum Gasteiger partial charge on any atom is 0.329 e. The Morgan fingerprint density at radius 1 is 1.42 bits per heavy atom. The summed E-state index contributed by atoms with van der Waals surface area (Å²) in [6.07, 6.45) is 1.54. The van der Waals surface area contributed by atoms with Gasteiger partial charge in [0.25, 0.3) is 0 Å². The number of nitrogens with one attached hydrogen (secondary N) is 1. The maximum absolute atomic E-state index is 11.8. The van der Waals surface area contributed by atoms with Gasteiger partial charge in [0.05, 0.1) is 11.5 Å². The zero-order chi connectivity index (χ0) is 14.7. The molecule has 0 aromatic rings. The van der Waals surface area contributed by atoms with Crippen molar-refractivity contribution < 1.29 is 23.1 Å². The van der Waals surface area contributed by atoms with Gasteiger partial charge in [-0.1, -0.05) is 13.3 Å². The van der Waals surface area contributed by atoms with E-state index in [-0.39, 0.29) is 29.8 Å². The minimum Gasteiger partial charge on any atom is -0.480 e. The third kappa shape index (κ3) is 4.49. The van der Waals surface area contributed by atoms with Gasteiger partial charge in [0, 0.05) is 6.42 Å². The molecule has 0 radical (unpaired) electrons. The van der Waals surface area contributed by atoms with Crippen molar-refractivity contribution >= 4 is 21.7 Å². The third-order valence-corrected chi connectivity index (χ3v) is 5.28. The van der Waals surface area contributed by atoms with E-state index < -0.39 is 21.3 Å². The zero-order valence-corrected chi connectivity index (χ0v) is 12.1. The smallest absolute Gasteiger partial charge is 0.329 e. The van der Waals surface area contributed by atoms with E-state index in [1.54, 1.807) is 0 Å². The van der Waals surface area contributed by atoms with Gasteiger partial charge in [0.1, 0.15) is 5.54 Å². The van der Waals surface area contributed by atoms with Crippen LogP contribution in [0.2, 0.25) is 0 Å². The molecule has 0 aromatic heterocycles. The lowest BCUT2D eigenvalue weighted by Crippen LogP contribution is -2.52. The van der Waals surface area contributed by atoms with Crippen LogP contribution in [0, 0.1) is 5.92 Å². The van der Waals surface area contributed by atoms with Crippen molar-refractivity contribution in [3.63, 3.8) is 0 Å². The Bertz CT molecular complexity index is 459. The zero-order valence-electron chi connectivity index (χ0n) is 11.3. The summed E-state index contributed by atoms with van der Waals surface area (Å²) in [5.41, 5.74) is -1.27. The van der Waals surface area contributed by atoms with Gasteiger partial charge in [-0.2, -0.15) is 0 Å². The van der Waals surface area contributed by atoms with Crippen LogP contribution in [0.5, 0.6) is 0 Å². The Balaban J connectivity index is 2.57. The molecule has 6 nitrogen and oxygen atoms in total. The number of carbonyl (C=O) groups excluding carboxylic acids is 1. The normalized spacial score (nSPS) is 24.6. The van der Waals surface area contributed by atoms with Crippen molar-refractivity contribution in [2.75, 3.05) is 11.5 Å². The van der Waals surface area contributed by atoms with Crippen LogP contribution in [0.25, 0.3) is 0 Å². The number of carbonyl (C=O) groups is 2. The SMILES string of the molecule is CCCC(C)(NC(=O)CC1CCS(=O)(=O)C1)C(=O)O. The second-order valence-electron chi connectivity index (χ2n) is 5.41. The summed E-state index contributed by atoms with van der Waals surface area (Å²) in [7, 11) is -3.01. The van der Waals surface area contributed by atoms with Crippen LogP contribution in [0.15, 0.2) is 0 Å². The third-order valence-electron chi connectivity index (χ3n) is 3.44. The van der Waals surface area contributed by atoms with Gasteiger partial charge in [0.15, 0.2) is 9.84 Å². The predicted molar refractivity (Wildman–Crippen MR) is 70.5 cm³/mol. The van der Waals surface area contributed by atoms with Crippen molar-refractivity contribution in [1.82, 2.24) is 5.32 Å². The molecule has 2 atom stereocenters. The highest BCUT2D eigenvalue weighted by atomic mass is 32.2. The summed E-state index contributed by atoms with van der Waals surface area (Å²) >= 11 is 0. The topological polar surface area (TPSA) is 101 Å². The van der Waals surface area contributed by atoms with E-state index in [4.69, 9.17) is 5.11 Å². The molecule has 0 aromatic carbocycles. The summed E-state index contributed by atoms with van der Waals surface area (Å²) in [5, 5.41) is 11.7. The van der Waals surface area contributed by atoms with E-state index in [1.807, 2.05) is 6.92 Å². The van der Waals surface area contributed by atoms with Gasteiger partial charge >= 0.3 is 5.97 Å². The summed E-state index contributed by atoms with van der Waals surface area (Å²) in [4.78, 5) is 23.0. The van der Waals surface area contributed by atoms with Crippen molar-refractivity contribution in [3.8, 4) is 0 Å². The second kappa shape index (κ2) is 5.90. The molecule has 1 rings (SSSR count). The molecular weight excluding hydrogens is 270 g/mol. The van der Waals surface area contributed by atoms with E-state index in [0.29, 0.717) is 19.3 Å². The van der Waals surface area contributed by atoms with Crippen LogP contribution in [-0.2, 0) is 19.4 Å². The standard InChI is InChI=1S/C12H21NO5S/c1-3-5-12(2,11(15)16)13-10(14)7-9-4-6-19(17,18)8-9/h9H,3-8H2,1-2H3,(H,13,14)(H,15,16). The number of carboxylic acid groups (broad SMARTS) is 1. The molecule has 2 N–H and O–H groups in total. The molecule has 0 saturated carbocycles. The predicted octanol–water partition coefficient (Wildman–Crippen LogP) is 0.571. The molecule has 1 saturated heterocycles. The van der Waals surface area contributed by atoms with E-state index >= 15 is 0 Å². The Morgan fingerprint density at radius 3 is 2.47 bits per heavy atom. The Kier molecular flexibility index (Phi) is 4.95. The molecule has 1 aliphatic rings. The first kappa shape index (κ1) is 15.9. The summed E-state index contributed by atoms with van der Waals surface area (Å²) in [5.74, 6) is -1.50. The molecule has 0 spiro atoms. The number of amides is 1. The largest absolute Gasteiger partial charge is 0.480 e. The first-order valence-corrected chi connectivity index (χ1v) is 8.25. The number of hydrogen-bond acceptors (Lipinski definition) is 4. The van der Waals surface area contributed by atoms with Crippen LogP contribution in [0.4, 0.5) is 0 Å². The summed E-state index contributed by atoms with van der Waals surface area (Å²) in [6.45, 7) is 3.32. The Labute approximate surface area is 113 Å². The number of hydrogen-bond donors (Lipinski definition) is 2. The first-order chi connectivity index (χ1) is 8.68. The fourth-order valence-corrected chi connectivity index (χ4v) is 4.24. The number of aliphatic carboxylic acids is 1. The Morgan fingerprint density at radius 2 is 2.05 bits per heavy atom. The van der Waals surface area contributed by atoms with Crippen LogP contribution < -0.4 is 5.32 Å². The minimum atomic E-state index is -3.01. The average molecular weight is 291 g/mol. The van der Waals surface area contributed by atoms with Gasteiger partial charge in [-0.05, 0) is 25.7 Å². The van der Waals surface area contributed by atoms with E-state index in [1.165, 1.54) is 6.92 Å². The van der Waals surface area contributed by atoms with Gasteiger partial charge in [-0.3, -0.25) is 4.79 Å². The van der Waals surface area contributed by atoms with Gasteiger partial charge < -0.3 is 10.4 Å². The highest BCUT2D eigenvalue weighted by Gasteiger charge is 2.35. The fourth-order valence-electron chi connectivity index (χ4n) is 2.38. The molecule has 110 valence electrons. The van der Waals surface area contributed by atoms with Crippen molar-refractivity contribution in [3.05, 3.63) is 0 Å². The molecule has 1 heterocycles. The van der Waals surface area contributed by atoms with E-state index in [0.717, 1.165) is 0 Å². The van der Waals surface area contributed by atoms with Gasteiger partial charge in [0.2, 0.25) is 5.91 Å². The molecular formula is C12H21NO5S. The summed E-state index contributed by atoms with van der Waals surface area (Å²) < 4.78 is 22.6. The maximum atomic E-state index is 11.8. The number of carboxylic acids is 1. The lowest BCUT2D eigenvalue weighted by molar-refractivity contribution is -0.147. The van der Waals surface area contributed by atoms with Crippen molar-refractivity contribution in [1.29, 1.82) is 0 Å². The monoisotopic (exact) mass is 291 g/mol. The molecule has 0 aliphatic carbocycles. The summed E-state index contributed by atoms with van der Waals surface area (Å²) in [6, 6.07) is 0. The number of sulfone groups is 1. The molecule has 1 fully saturated rings. The highest BCUT2D eigenvalue weighted by molar-refractivity contribution is 7.91. The van der Waals surface area contributed by atoms with Crippen LogP contribution >= 0.6 is 0 Å². The quantitative estimate of drug-likeness (QED) is 0.745.